The van der Waals surface area contributed by atoms with Crippen LogP contribution in [0.2, 0.25) is 0 Å². The summed E-state index contributed by atoms with van der Waals surface area (Å²) in [4.78, 5) is 42.2. The monoisotopic (exact) mass is 521 g/mol. The molecule has 4 aromatic carbocycles. The number of hydrogen-bond acceptors (Lipinski definition) is 5. The van der Waals surface area contributed by atoms with Crippen LogP contribution in [0.3, 0.4) is 0 Å². The number of hydrazine groups is 1. The second-order valence-electron chi connectivity index (χ2n) is 9.11. The third kappa shape index (κ3) is 5.17. The molecule has 8 nitrogen and oxygen atoms in total. The van der Waals surface area contributed by atoms with Gasteiger partial charge in [-0.2, -0.15) is 5.01 Å². The van der Waals surface area contributed by atoms with E-state index in [9.17, 15) is 14.4 Å². The molecule has 1 atom stereocenters. The van der Waals surface area contributed by atoms with Crippen LogP contribution in [0.5, 0.6) is 0 Å². The summed E-state index contributed by atoms with van der Waals surface area (Å²) in [6, 6.07) is 34.5. The zero-order valence-electron chi connectivity index (χ0n) is 21.3. The molecular weight excluding hydrogens is 494 g/mol. The van der Waals surface area contributed by atoms with Gasteiger partial charge in [-0.3, -0.25) is 9.69 Å². The summed E-state index contributed by atoms with van der Waals surface area (Å²) < 4.78 is 11.0. The fourth-order valence-corrected chi connectivity index (χ4v) is 4.54. The SMILES string of the molecule is CC1(N(NC(=O)OCc2ccccc2)C(=O)OCc2ccccc2)C(=O)N(c2ccccc2)c2ccccc21. The van der Waals surface area contributed by atoms with Crippen molar-refractivity contribution in [3.63, 3.8) is 0 Å². The summed E-state index contributed by atoms with van der Waals surface area (Å²) in [6.07, 6.45) is -1.81. The highest BCUT2D eigenvalue weighted by Crippen LogP contribution is 2.46. The number of benzene rings is 4. The van der Waals surface area contributed by atoms with Gasteiger partial charge in [-0.25, -0.2) is 15.0 Å². The molecule has 39 heavy (non-hydrogen) atoms. The van der Waals surface area contributed by atoms with Crippen LogP contribution in [0, 0.1) is 0 Å². The number of carbonyl (C=O) groups is 3. The Morgan fingerprint density at radius 3 is 1.87 bits per heavy atom. The summed E-state index contributed by atoms with van der Waals surface area (Å²) >= 11 is 0. The Labute approximate surface area is 226 Å². The second-order valence-corrected chi connectivity index (χ2v) is 9.11. The summed E-state index contributed by atoms with van der Waals surface area (Å²) in [5, 5.41) is 0.924. The quantitative estimate of drug-likeness (QED) is 0.312. The van der Waals surface area contributed by atoms with Crippen LogP contribution in [0.1, 0.15) is 23.6 Å². The van der Waals surface area contributed by atoms with Crippen LogP contribution in [-0.4, -0.2) is 23.1 Å². The molecule has 0 spiro atoms. The highest BCUT2D eigenvalue weighted by molar-refractivity contribution is 6.13. The van der Waals surface area contributed by atoms with Crippen molar-refractivity contribution in [1.29, 1.82) is 0 Å². The molecule has 5 rings (SSSR count). The molecule has 0 radical (unpaired) electrons. The molecule has 0 saturated heterocycles. The summed E-state index contributed by atoms with van der Waals surface area (Å²) in [7, 11) is 0. The number of para-hydroxylation sites is 2. The molecule has 1 unspecified atom stereocenters. The summed E-state index contributed by atoms with van der Waals surface area (Å²) in [6.45, 7) is 1.51. The molecule has 8 heteroatoms. The Balaban J connectivity index is 1.47. The zero-order chi connectivity index (χ0) is 27.2. The molecule has 0 aliphatic carbocycles. The Morgan fingerprint density at radius 1 is 0.744 bits per heavy atom. The number of nitrogens with zero attached hydrogens (tertiary/aromatic N) is 2. The molecule has 3 amide bonds. The second kappa shape index (κ2) is 11.1. The Hall–Kier alpha value is -5.11. The molecule has 1 N–H and O–H groups in total. The van der Waals surface area contributed by atoms with Crippen molar-refractivity contribution in [3.8, 4) is 0 Å². The third-order valence-corrected chi connectivity index (χ3v) is 6.55. The summed E-state index contributed by atoms with van der Waals surface area (Å²) in [5.41, 5.74) is 4.14. The van der Waals surface area contributed by atoms with Gasteiger partial charge in [0.15, 0.2) is 5.54 Å². The highest BCUT2D eigenvalue weighted by Gasteiger charge is 2.55. The fraction of sp³-hybridized carbons (Fsp3) is 0.129. The normalized spacial score (nSPS) is 15.8. The largest absolute Gasteiger partial charge is 0.443 e. The molecule has 1 heterocycles. The van der Waals surface area contributed by atoms with Crippen LogP contribution in [0.4, 0.5) is 21.0 Å². The van der Waals surface area contributed by atoms with Gasteiger partial charge in [0, 0.05) is 11.3 Å². The Kier molecular flexibility index (Phi) is 7.27. The molecule has 0 aromatic heterocycles. The van der Waals surface area contributed by atoms with Crippen LogP contribution in [0.25, 0.3) is 0 Å². The average molecular weight is 522 g/mol. The van der Waals surface area contributed by atoms with Crippen LogP contribution in [-0.2, 0) is 33.0 Å². The van der Waals surface area contributed by atoms with E-state index < -0.39 is 23.6 Å². The first-order valence-electron chi connectivity index (χ1n) is 12.5. The lowest BCUT2D eigenvalue weighted by atomic mass is 9.93. The number of nitrogens with one attached hydrogen (secondary N) is 1. The average Bonchev–Trinajstić information content (AvgIpc) is 3.21. The lowest BCUT2D eigenvalue weighted by molar-refractivity contribution is -0.129. The zero-order valence-corrected chi connectivity index (χ0v) is 21.3. The topological polar surface area (TPSA) is 88.2 Å². The maximum atomic E-state index is 14.2. The number of rotatable bonds is 6. The van der Waals surface area contributed by atoms with Gasteiger partial charge in [0.1, 0.15) is 13.2 Å². The number of fused-ring (bicyclic) bond motifs is 1. The molecule has 196 valence electrons. The molecule has 1 aliphatic heterocycles. The molecule has 0 bridgehead atoms. The van der Waals surface area contributed by atoms with Crippen molar-refractivity contribution >= 4 is 29.5 Å². The van der Waals surface area contributed by atoms with E-state index in [2.05, 4.69) is 5.43 Å². The van der Waals surface area contributed by atoms with Crippen molar-refractivity contribution in [2.45, 2.75) is 25.7 Å². The Bertz CT molecular complexity index is 1460. The van der Waals surface area contributed by atoms with Gasteiger partial charge in [0.05, 0.1) is 5.69 Å². The molecule has 0 saturated carbocycles. The van der Waals surface area contributed by atoms with E-state index in [0.717, 1.165) is 16.1 Å². The van der Waals surface area contributed by atoms with Crippen molar-refractivity contribution in [2.24, 2.45) is 0 Å². The number of ether oxygens (including phenoxy) is 2. The molecule has 0 fully saturated rings. The standard InChI is InChI=1S/C31H27N3O5/c1-31(26-19-11-12-20-27(26)33(28(31)35)25-17-9-4-10-18-25)34(30(37)39-22-24-15-7-3-8-16-24)32-29(36)38-21-23-13-5-2-6-14-23/h2-20H,21-22H2,1H3,(H,32,36). The molecule has 1 aliphatic rings. The fourth-order valence-electron chi connectivity index (χ4n) is 4.54. The van der Waals surface area contributed by atoms with E-state index in [4.69, 9.17) is 9.47 Å². The maximum Gasteiger partial charge on any atom is 0.430 e. The number of carbonyl (C=O) groups excluding carboxylic acids is 3. The van der Waals surface area contributed by atoms with Gasteiger partial charge < -0.3 is 9.47 Å². The van der Waals surface area contributed by atoms with Crippen LogP contribution >= 0.6 is 0 Å². The van der Waals surface area contributed by atoms with E-state index in [0.29, 0.717) is 16.9 Å². The van der Waals surface area contributed by atoms with Gasteiger partial charge in [-0.1, -0.05) is 97.1 Å². The molecule has 4 aromatic rings. The lowest BCUT2D eigenvalue weighted by Crippen LogP contribution is -2.60. The lowest BCUT2D eigenvalue weighted by Gasteiger charge is -2.35. The maximum absolute atomic E-state index is 14.2. The van der Waals surface area contributed by atoms with Crippen LogP contribution < -0.4 is 10.3 Å². The van der Waals surface area contributed by atoms with E-state index in [1.165, 1.54) is 4.90 Å². The third-order valence-electron chi connectivity index (χ3n) is 6.55. The van der Waals surface area contributed by atoms with Gasteiger partial charge in [-0.15, -0.1) is 0 Å². The van der Waals surface area contributed by atoms with E-state index in [1.807, 2.05) is 84.9 Å². The predicted molar refractivity (Wildman–Crippen MR) is 146 cm³/mol. The Morgan fingerprint density at radius 2 is 1.26 bits per heavy atom. The molecular formula is C31H27N3O5. The number of amides is 3. The van der Waals surface area contributed by atoms with E-state index in [1.54, 1.807) is 37.3 Å². The number of hydrogen-bond donors (Lipinski definition) is 1. The van der Waals surface area contributed by atoms with Gasteiger partial charge in [0.2, 0.25) is 0 Å². The van der Waals surface area contributed by atoms with E-state index in [-0.39, 0.29) is 13.2 Å². The summed E-state index contributed by atoms with van der Waals surface area (Å²) in [5.74, 6) is -0.435. The van der Waals surface area contributed by atoms with Crippen molar-refractivity contribution in [1.82, 2.24) is 10.4 Å². The first-order valence-corrected chi connectivity index (χ1v) is 12.5. The minimum absolute atomic E-state index is 0.0169. The van der Waals surface area contributed by atoms with Crippen LogP contribution in [0.15, 0.2) is 115 Å². The first-order chi connectivity index (χ1) is 19.0. The highest BCUT2D eigenvalue weighted by atomic mass is 16.6. The van der Waals surface area contributed by atoms with Crippen molar-refractivity contribution < 1.29 is 23.9 Å². The van der Waals surface area contributed by atoms with Gasteiger partial charge >= 0.3 is 12.2 Å². The van der Waals surface area contributed by atoms with Gasteiger partial charge in [-0.05, 0) is 36.2 Å². The van der Waals surface area contributed by atoms with Crippen molar-refractivity contribution in [3.05, 3.63) is 132 Å². The minimum atomic E-state index is -1.63. The smallest absolute Gasteiger partial charge is 0.430 e. The van der Waals surface area contributed by atoms with Crippen molar-refractivity contribution in [2.75, 3.05) is 4.90 Å². The minimum Gasteiger partial charge on any atom is -0.443 e. The van der Waals surface area contributed by atoms with E-state index >= 15 is 0 Å². The first kappa shape index (κ1) is 25.5. The number of anilines is 2. The van der Waals surface area contributed by atoms with Gasteiger partial charge in [0.25, 0.3) is 5.91 Å². The predicted octanol–water partition coefficient (Wildman–Crippen LogP) is 6.06.